The number of hydrogen-bond acceptors (Lipinski definition) is 1. The Balaban J connectivity index is 2.02. The molecule has 2 aromatic carbocycles. The smallest absolute Gasteiger partial charge is 0.416 e. The van der Waals surface area contributed by atoms with Gasteiger partial charge in [-0.05, 0) is 49.0 Å². The van der Waals surface area contributed by atoms with Gasteiger partial charge < -0.3 is 5.11 Å². The zero-order chi connectivity index (χ0) is 19.1. The van der Waals surface area contributed by atoms with Crippen LogP contribution in [-0.2, 0) is 6.18 Å². The Kier molecular flexibility index (Phi) is 4.78. The summed E-state index contributed by atoms with van der Waals surface area (Å²) in [4.78, 5) is 0. The Morgan fingerprint density at radius 1 is 0.962 bits per heavy atom. The van der Waals surface area contributed by atoms with Crippen LogP contribution < -0.4 is 0 Å². The molecule has 0 radical (unpaired) electrons. The van der Waals surface area contributed by atoms with E-state index in [1.807, 2.05) is 6.08 Å². The Morgan fingerprint density at radius 3 is 2.15 bits per heavy atom. The van der Waals surface area contributed by atoms with Crippen molar-refractivity contribution in [3.05, 3.63) is 59.2 Å². The minimum Gasteiger partial charge on any atom is -0.507 e. The van der Waals surface area contributed by atoms with E-state index in [4.69, 9.17) is 0 Å². The Labute approximate surface area is 147 Å². The van der Waals surface area contributed by atoms with Crippen LogP contribution in [0.1, 0.15) is 37.3 Å². The predicted octanol–water partition coefficient (Wildman–Crippen LogP) is 6.56. The molecule has 0 saturated heterocycles. The maximum atomic E-state index is 14.6. The van der Waals surface area contributed by atoms with E-state index in [0.29, 0.717) is 18.4 Å². The maximum absolute atomic E-state index is 14.6. The number of rotatable bonds is 2. The van der Waals surface area contributed by atoms with Crippen LogP contribution in [0.5, 0.6) is 5.75 Å². The van der Waals surface area contributed by atoms with Crippen LogP contribution in [0.4, 0.5) is 22.0 Å². The second-order valence-corrected chi connectivity index (χ2v) is 6.63. The number of allylic oxidation sites excluding steroid dienone is 2. The molecule has 0 aromatic heterocycles. The van der Waals surface area contributed by atoms with Crippen LogP contribution in [0, 0.1) is 17.6 Å². The molecule has 1 nitrogen and oxygen atoms in total. The summed E-state index contributed by atoms with van der Waals surface area (Å²) in [5.41, 5.74) is -0.639. The van der Waals surface area contributed by atoms with Gasteiger partial charge in [-0.25, -0.2) is 8.78 Å². The van der Waals surface area contributed by atoms with Gasteiger partial charge in [0.15, 0.2) is 11.6 Å². The molecule has 1 aliphatic carbocycles. The number of phenols is 1. The van der Waals surface area contributed by atoms with E-state index < -0.39 is 29.1 Å². The first-order valence-electron chi connectivity index (χ1n) is 8.26. The van der Waals surface area contributed by atoms with Gasteiger partial charge in [0.25, 0.3) is 0 Å². The summed E-state index contributed by atoms with van der Waals surface area (Å²) in [5.74, 6) is -2.49. The quantitative estimate of drug-likeness (QED) is 0.595. The molecule has 1 atom stereocenters. The SMILES string of the molecule is CC1CC=C(c2ccc(-c3ccc(C(F)(F)F)cc3O)c(F)c2F)CC1. The lowest BCUT2D eigenvalue weighted by molar-refractivity contribution is -0.137. The van der Waals surface area contributed by atoms with E-state index in [-0.39, 0.29) is 16.7 Å². The average Bonchev–Trinajstić information content (AvgIpc) is 2.58. The summed E-state index contributed by atoms with van der Waals surface area (Å²) >= 11 is 0. The number of halogens is 5. The van der Waals surface area contributed by atoms with Crippen molar-refractivity contribution in [2.75, 3.05) is 0 Å². The topological polar surface area (TPSA) is 20.2 Å². The zero-order valence-electron chi connectivity index (χ0n) is 14.0. The minimum atomic E-state index is -4.63. The number of aromatic hydroxyl groups is 1. The molecule has 2 aromatic rings. The van der Waals surface area contributed by atoms with Crippen molar-refractivity contribution in [1.82, 2.24) is 0 Å². The third kappa shape index (κ3) is 3.45. The van der Waals surface area contributed by atoms with E-state index in [9.17, 15) is 27.1 Å². The molecular weight excluding hydrogens is 351 g/mol. The summed E-state index contributed by atoms with van der Waals surface area (Å²) in [7, 11) is 0. The van der Waals surface area contributed by atoms with Crippen LogP contribution in [0.15, 0.2) is 36.4 Å². The van der Waals surface area contributed by atoms with Gasteiger partial charge in [0, 0.05) is 16.7 Å². The Morgan fingerprint density at radius 2 is 1.58 bits per heavy atom. The molecule has 6 heteroatoms. The third-order valence-corrected chi connectivity index (χ3v) is 4.72. The molecule has 26 heavy (non-hydrogen) atoms. The fourth-order valence-corrected chi connectivity index (χ4v) is 3.15. The molecule has 0 amide bonds. The maximum Gasteiger partial charge on any atom is 0.416 e. The van der Waals surface area contributed by atoms with Crippen molar-refractivity contribution >= 4 is 5.57 Å². The van der Waals surface area contributed by atoms with Crippen molar-refractivity contribution < 1.29 is 27.1 Å². The van der Waals surface area contributed by atoms with Gasteiger partial charge in [-0.2, -0.15) is 13.2 Å². The second-order valence-electron chi connectivity index (χ2n) is 6.63. The highest BCUT2D eigenvalue weighted by atomic mass is 19.4. The fraction of sp³-hybridized carbons (Fsp3) is 0.300. The van der Waals surface area contributed by atoms with Gasteiger partial charge >= 0.3 is 6.18 Å². The standard InChI is InChI=1S/C20H17F5O/c1-11-2-4-12(5-3-11)14-8-9-16(19(22)18(14)21)15-7-6-13(10-17(15)26)20(23,24)25/h4,6-11,26H,2-3,5H2,1H3. The van der Waals surface area contributed by atoms with Crippen molar-refractivity contribution in [2.24, 2.45) is 5.92 Å². The molecule has 3 rings (SSSR count). The van der Waals surface area contributed by atoms with E-state index in [0.717, 1.165) is 30.5 Å². The highest BCUT2D eigenvalue weighted by Gasteiger charge is 2.31. The first kappa shape index (κ1) is 18.4. The van der Waals surface area contributed by atoms with Crippen LogP contribution in [0.2, 0.25) is 0 Å². The fourth-order valence-electron chi connectivity index (χ4n) is 3.15. The van der Waals surface area contributed by atoms with Crippen molar-refractivity contribution in [1.29, 1.82) is 0 Å². The molecule has 0 fully saturated rings. The number of alkyl halides is 3. The zero-order valence-corrected chi connectivity index (χ0v) is 14.0. The van der Waals surface area contributed by atoms with Gasteiger partial charge in [-0.15, -0.1) is 0 Å². The summed E-state index contributed by atoms with van der Waals surface area (Å²) in [5, 5.41) is 9.87. The molecular formula is C20H17F5O. The number of hydrogen-bond donors (Lipinski definition) is 1. The van der Waals surface area contributed by atoms with E-state index >= 15 is 0 Å². The van der Waals surface area contributed by atoms with Crippen LogP contribution in [0.25, 0.3) is 16.7 Å². The first-order chi connectivity index (χ1) is 12.2. The molecule has 1 unspecified atom stereocenters. The molecule has 0 aliphatic heterocycles. The number of benzene rings is 2. The molecule has 0 spiro atoms. The highest BCUT2D eigenvalue weighted by Crippen LogP contribution is 2.39. The third-order valence-electron chi connectivity index (χ3n) is 4.72. The first-order valence-corrected chi connectivity index (χ1v) is 8.26. The van der Waals surface area contributed by atoms with Crippen molar-refractivity contribution in [3.63, 3.8) is 0 Å². The lowest BCUT2D eigenvalue weighted by Gasteiger charge is -2.19. The molecule has 0 saturated carbocycles. The van der Waals surface area contributed by atoms with Crippen molar-refractivity contribution in [2.45, 2.75) is 32.4 Å². The van der Waals surface area contributed by atoms with Gasteiger partial charge in [0.1, 0.15) is 5.75 Å². The normalized spacial score (nSPS) is 17.9. The van der Waals surface area contributed by atoms with Crippen molar-refractivity contribution in [3.8, 4) is 16.9 Å². The van der Waals surface area contributed by atoms with Gasteiger partial charge in [0.2, 0.25) is 0 Å². The average molecular weight is 368 g/mol. The van der Waals surface area contributed by atoms with E-state index in [1.54, 1.807) is 0 Å². The lowest BCUT2D eigenvalue weighted by Crippen LogP contribution is -2.05. The van der Waals surface area contributed by atoms with Crippen LogP contribution in [0.3, 0.4) is 0 Å². The van der Waals surface area contributed by atoms with Gasteiger partial charge in [-0.1, -0.05) is 25.1 Å². The summed E-state index contributed by atoms with van der Waals surface area (Å²) in [6.45, 7) is 2.08. The summed E-state index contributed by atoms with van der Waals surface area (Å²) in [6.07, 6.45) is -0.426. The van der Waals surface area contributed by atoms with Crippen LogP contribution in [-0.4, -0.2) is 5.11 Å². The van der Waals surface area contributed by atoms with E-state index in [1.165, 1.54) is 12.1 Å². The largest absolute Gasteiger partial charge is 0.507 e. The number of phenolic OH excluding ortho intramolecular Hbond substituents is 1. The van der Waals surface area contributed by atoms with Gasteiger partial charge in [-0.3, -0.25) is 0 Å². The van der Waals surface area contributed by atoms with Crippen LogP contribution >= 0.6 is 0 Å². The Bertz CT molecular complexity index is 867. The lowest BCUT2D eigenvalue weighted by atomic mass is 9.87. The predicted molar refractivity (Wildman–Crippen MR) is 89.5 cm³/mol. The molecule has 138 valence electrons. The molecule has 0 bridgehead atoms. The molecule has 1 aliphatic rings. The highest BCUT2D eigenvalue weighted by molar-refractivity contribution is 5.75. The monoisotopic (exact) mass is 368 g/mol. The molecule has 1 N–H and O–H groups in total. The Hall–Kier alpha value is -2.37. The minimum absolute atomic E-state index is 0.157. The summed E-state index contributed by atoms with van der Waals surface area (Å²) < 4.78 is 67.2. The second kappa shape index (κ2) is 6.74. The van der Waals surface area contributed by atoms with E-state index in [2.05, 4.69) is 6.92 Å². The molecule has 0 heterocycles. The van der Waals surface area contributed by atoms with Gasteiger partial charge in [0.05, 0.1) is 5.56 Å². The summed E-state index contributed by atoms with van der Waals surface area (Å²) in [6, 6.07) is 4.87.